The van der Waals surface area contributed by atoms with E-state index in [4.69, 9.17) is 11.9 Å². The Morgan fingerprint density at radius 1 is 1.33 bits per heavy atom. The number of hydrogen-bond donors (Lipinski definition) is 0. The van der Waals surface area contributed by atoms with Gasteiger partial charge in [0.25, 0.3) is 11.8 Å². The molecule has 66 valence electrons. The molecule has 4 nitrogen and oxygen atoms in total. The summed E-state index contributed by atoms with van der Waals surface area (Å²) in [6.45, 7) is 0.690. The van der Waals surface area contributed by atoms with Crippen molar-refractivity contribution in [2.75, 3.05) is 13.2 Å². The SMILES string of the molecule is O=C1C=CC(=O)N1CCCOCl. The lowest BCUT2D eigenvalue weighted by molar-refractivity contribution is -0.136. The average molecular weight is 190 g/mol. The van der Waals surface area contributed by atoms with E-state index in [9.17, 15) is 9.59 Å². The van der Waals surface area contributed by atoms with Crippen LogP contribution in [0, 0.1) is 0 Å². The molecule has 0 atom stereocenters. The van der Waals surface area contributed by atoms with Gasteiger partial charge in [-0.05, 0) is 6.42 Å². The van der Waals surface area contributed by atoms with Gasteiger partial charge in [-0.1, -0.05) is 0 Å². The molecule has 0 spiro atoms. The highest BCUT2D eigenvalue weighted by Gasteiger charge is 2.22. The van der Waals surface area contributed by atoms with Gasteiger partial charge in [-0.3, -0.25) is 18.8 Å². The van der Waals surface area contributed by atoms with Gasteiger partial charge < -0.3 is 0 Å². The Morgan fingerprint density at radius 2 is 1.92 bits per heavy atom. The van der Waals surface area contributed by atoms with Gasteiger partial charge in [0.05, 0.1) is 18.5 Å². The molecule has 12 heavy (non-hydrogen) atoms. The minimum absolute atomic E-state index is 0.269. The van der Waals surface area contributed by atoms with Gasteiger partial charge in [0.1, 0.15) is 0 Å². The van der Waals surface area contributed by atoms with Gasteiger partial charge >= 0.3 is 0 Å². The lowest BCUT2D eigenvalue weighted by atomic mass is 10.4. The quantitative estimate of drug-likeness (QED) is 0.477. The van der Waals surface area contributed by atoms with E-state index < -0.39 is 0 Å². The summed E-state index contributed by atoms with van der Waals surface area (Å²) in [4.78, 5) is 23.0. The summed E-state index contributed by atoms with van der Waals surface area (Å²) in [6.07, 6.45) is 3.07. The first kappa shape index (κ1) is 9.22. The Morgan fingerprint density at radius 3 is 2.42 bits per heavy atom. The second-order valence-corrected chi connectivity index (χ2v) is 2.55. The number of nitrogens with zero attached hydrogens (tertiary/aromatic N) is 1. The Kier molecular flexibility index (Phi) is 3.25. The fourth-order valence-corrected chi connectivity index (χ4v) is 1.04. The van der Waals surface area contributed by atoms with Gasteiger partial charge in [0.2, 0.25) is 0 Å². The highest BCUT2D eigenvalue weighted by Crippen LogP contribution is 2.04. The predicted molar refractivity (Wildman–Crippen MR) is 42.3 cm³/mol. The average Bonchev–Trinajstić information content (AvgIpc) is 2.35. The summed E-state index contributed by atoms with van der Waals surface area (Å²) in [6, 6.07) is 0. The molecule has 0 aliphatic carbocycles. The molecule has 0 N–H and O–H groups in total. The van der Waals surface area contributed by atoms with Gasteiger partial charge in [0, 0.05) is 18.7 Å². The lowest BCUT2D eigenvalue weighted by Gasteiger charge is -2.11. The van der Waals surface area contributed by atoms with Crippen LogP contribution in [0.1, 0.15) is 6.42 Å². The Bertz CT molecular complexity index is 209. The van der Waals surface area contributed by atoms with Crippen molar-refractivity contribution in [1.29, 1.82) is 0 Å². The lowest BCUT2D eigenvalue weighted by Crippen LogP contribution is -2.31. The van der Waals surface area contributed by atoms with Crippen LogP contribution in [0.2, 0.25) is 0 Å². The summed E-state index contributed by atoms with van der Waals surface area (Å²) in [5, 5.41) is 0. The van der Waals surface area contributed by atoms with Crippen LogP contribution in [-0.2, 0) is 13.9 Å². The maximum absolute atomic E-state index is 10.9. The normalized spacial score (nSPS) is 16.2. The molecule has 0 bridgehead atoms. The summed E-state index contributed by atoms with van der Waals surface area (Å²) in [7, 11) is 0. The monoisotopic (exact) mass is 189 g/mol. The topological polar surface area (TPSA) is 46.6 Å². The van der Waals surface area contributed by atoms with E-state index in [-0.39, 0.29) is 11.8 Å². The number of halogens is 1. The van der Waals surface area contributed by atoms with Crippen molar-refractivity contribution in [3.63, 3.8) is 0 Å². The van der Waals surface area contributed by atoms with Gasteiger partial charge in [0.15, 0.2) is 0 Å². The van der Waals surface area contributed by atoms with Crippen LogP contribution in [0.15, 0.2) is 12.2 Å². The molecule has 1 aliphatic heterocycles. The third-order valence-corrected chi connectivity index (χ3v) is 1.66. The molecule has 0 aromatic rings. The molecule has 5 heteroatoms. The first-order valence-electron chi connectivity index (χ1n) is 3.53. The van der Waals surface area contributed by atoms with Crippen LogP contribution in [-0.4, -0.2) is 29.9 Å². The summed E-state index contributed by atoms with van der Waals surface area (Å²) < 4.78 is 4.27. The molecule has 0 aromatic heterocycles. The number of carbonyl (C=O) groups excluding carboxylic acids is 2. The van der Waals surface area contributed by atoms with E-state index in [1.807, 2.05) is 0 Å². The second kappa shape index (κ2) is 4.23. The molecule has 0 fully saturated rings. The predicted octanol–water partition coefficient (Wildman–Crippen LogP) is 0.472. The Labute approximate surface area is 74.9 Å². The number of rotatable bonds is 4. The Balaban J connectivity index is 2.33. The summed E-state index contributed by atoms with van der Waals surface area (Å²) >= 11 is 4.96. The van der Waals surface area contributed by atoms with Gasteiger partial charge in [-0.2, -0.15) is 0 Å². The highest BCUT2D eigenvalue weighted by molar-refractivity contribution is 6.12. The van der Waals surface area contributed by atoms with E-state index in [1.165, 1.54) is 12.2 Å². The van der Waals surface area contributed by atoms with E-state index >= 15 is 0 Å². The first-order chi connectivity index (χ1) is 5.75. The molecule has 2 amide bonds. The van der Waals surface area contributed by atoms with E-state index in [2.05, 4.69) is 4.29 Å². The minimum atomic E-state index is -0.269. The van der Waals surface area contributed by atoms with Gasteiger partial charge in [-0.15, -0.1) is 0 Å². The highest BCUT2D eigenvalue weighted by atomic mass is 35.5. The largest absolute Gasteiger partial charge is 0.279 e. The van der Waals surface area contributed by atoms with E-state index in [1.54, 1.807) is 0 Å². The fraction of sp³-hybridized carbons (Fsp3) is 0.429. The fourth-order valence-electron chi connectivity index (χ4n) is 0.929. The maximum Gasteiger partial charge on any atom is 0.253 e. The third kappa shape index (κ3) is 2.06. The van der Waals surface area contributed by atoms with Crippen molar-refractivity contribution in [2.45, 2.75) is 6.42 Å². The molecular formula is C7H8ClNO3. The number of amides is 2. The molecule has 1 heterocycles. The molecule has 1 rings (SSSR count). The smallest absolute Gasteiger partial charge is 0.253 e. The maximum atomic E-state index is 10.9. The van der Waals surface area contributed by atoms with Crippen molar-refractivity contribution in [2.24, 2.45) is 0 Å². The van der Waals surface area contributed by atoms with Crippen molar-refractivity contribution in [3.05, 3.63) is 12.2 Å². The number of carbonyl (C=O) groups is 2. The van der Waals surface area contributed by atoms with Crippen LogP contribution in [0.3, 0.4) is 0 Å². The molecule has 0 saturated carbocycles. The zero-order valence-corrected chi connectivity index (χ0v) is 7.08. The van der Waals surface area contributed by atoms with Crippen LogP contribution >= 0.6 is 11.9 Å². The summed E-state index contributed by atoms with van der Waals surface area (Å²) in [5.74, 6) is -0.538. The Hall–Kier alpha value is -0.870. The second-order valence-electron chi connectivity index (χ2n) is 2.33. The number of hydrogen-bond acceptors (Lipinski definition) is 3. The molecule has 1 aliphatic rings. The van der Waals surface area contributed by atoms with Crippen LogP contribution < -0.4 is 0 Å². The molecule has 0 aromatic carbocycles. The molecule has 0 radical (unpaired) electrons. The van der Waals surface area contributed by atoms with Crippen LogP contribution in [0.4, 0.5) is 0 Å². The van der Waals surface area contributed by atoms with Crippen LogP contribution in [0.25, 0.3) is 0 Å². The van der Waals surface area contributed by atoms with Crippen molar-refractivity contribution in [3.8, 4) is 0 Å². The molecule has 0 unspecified atom stereocenters. The van der Waals surface area contributed by atoms with Crippen molar-refractivity contribution in [1.82, 2.24) is 4.90 Å². The third-order valence-electron chi connectivity index (χ3n) is 1.50. The van der Waals surface area contributed by atoms with Crippen molar-refractivity contribution < 1.29 is 13.9 Å². The van der Waals surface area contributed by atoms with E-state index in [0.717, 1.165) is 4.90 Å². The van der Waals surface area contributed by atoms with E-state index in [0.29, 0.717) is 19.6 Å². The van der Waals surface area contributed by atoms with Gasteiger partial charge in [-0.25, -0.2) is 0 Å². The summed E-state index contributed by atoms with van der Waals surface area (Å²) in [5.41, 5.74) is 0. The standard InChI is InChI=1S/C7H8ClNO3/c8-12-5-1-4-9-6(10)2-3-7(9)11/h2-3H,1,4-5H2. The minimum Gasteiger partial charge on any atom is -0.279 e. The molecule has 0 saturated heterocycles. The van der Waals surface area contributed by atoms with Crippen LogP contribution in [0.5, 0.6) is 0 Å². The van der Waals surface area contributed by atoms with Crippen molar-refractivity contribution >= 4 is 23.7 Å². The number of imide groups is 1. The first-order valence-corrected chi connectivity index (χ1v) is 3.83. The zero-order chi connectivity index (χ0) is 8.97. The molecular weight excluding hydrogens is 182 g/mol. The zero-order valence-electron chi connectivity index (χ0n) is 6.33.